The first-order chi connectivity index (χ1) is 26.4. The average Bonchev–Trinajstić information content (AvgIpc) is 3.04. The van der Waals surface area contributed by atoms with Crippen LogP contribution in [0.3, 0.4) is 0 Å². The summed E-state index contributed by atoms with van der Waals surface area (Å²) in [4.78, 5) is 60.9. The van der Waals surface area contributed by atoms with Gasteiger partial charge in [0.1, 0.15) is 0 Å². The van der Waals surface area contributed by atoms with Crippen LogP contribution in [0.1, 0.15) is 213 Å². The van der Waals surface area contributed by atoms with Gasteiger partial charge in [0.25, 0.3) is 0 Å². The van der Waals surface area contributed by atoms with E-state index in [9.17, 15) is 28.8 Å². The van der Waals surface area contributed by atoms with E-state index in [1.807, 2.05) is 13.8 Å². The SMILES string of the molecule is CC(C)CC(=O)O.CC(C)CCC(C)(C)C(=O)O.CC(C)CCC(C)C(=O)O.CC(C)CCCC(=O)O.CC(C)CCCCC(=O)O.CC(C)CCCCCC(=O)O. The van der Waals surface area contributed by atoms with E-state index in [1.54, 1.807) is 20.8 Å². The minimum absolute atomic E-state index is 0.178. The lowest BCUT2D eigenvalue weighted by atomic mass is 9.85. The highest BCUT2D eigenvalue weighted by Crippen LogP contribution is 2.24. The van der Waals surface area contributed by atoms with Crippen LogP contribution >= 0.6 is 0 Å². The molecule has 0 rings (SSSR count). The van der Waals surface area contributed by atoms with Gasteiger partial charge in [-0.3, -0.25) is 28.8 Å². The van der Waals surface area contributed by atoms with Crippen molar-refractivity contribution in [2.45, 2.75) is 213 Å². The maximum Gasteiger partial charge on any atom is 0.309 e. The van der Waals surface area contributed by atoms with Gasteiger partial charge in [-0.05, 0) is 87.9 Å². The predicted molar refractivity (Wildman–Crippen MR) is 236 cm³/mol. The second kappa shape index (κ2) is 43.4. The van der Waals surface area contributed by atoms with E-state index in [4.69, 9.17) is 30.6 Å². The fourth-order valence-electron chi connectivity index (χ4n) is 4.31. The van der Waals surface area contributed by atoms with Gasteiger partial charge in [0.2, 0.25) is 0 Å². The van der Waals surface area contributed by atoms with Crippen molar-refractivity contribution in [1.29, 1.82) is 0 Å². The summed E-state index contributed by atoms with van der Waals surface area (Å²) in [7, 11) is 0. The molecule has 0 aliphatic rings. The highest BCUT2D eigenvalue weighted by Gasteiger charge is 2.26. The standard InChI is InChI=1S/2C9H18O2.2C8H16O2.C7H14O2.C5H10O2/c1-7(2)5-6-9(3,4)8(10)11;1-8(2)6-4-3-5-7-9(10)11;1-6(2)4-5-7(3)8(9)10;1-7(2)5-3-4-6-8(9)10;1-6(2)4-3-5-7(8)9;1-4(2)3-5(6)7/h7H,5-6H2,1-4H3,(H,10,11);8H,3-7H2,1-2H3,(H,10,11);6-7H,4-5H2,1-3H3,(H,9,10);7H,3-6H2,1-2H3,(H,9,10);6H,3-5H2,1-2H3,(H,8,9);4H,3H2,1-2H3,(H,6,7). The quantitative estimate of drug-likeness (QED) is 0.0472. The van der Waals surface area contributed by atoms with Crippen molar-refractivity contribution in [1.82, 2.24) is 0 Å². The molecular formula is C46H92O12. The van der Waals surface area contributed by atoms with Gasteiger partial charge in [0.05, 0.1) is 11.3 Å². The third-order valence-corrected chi connectivity index (χ3v) is 8.37. The van der Waals surface area contributed by atoms with E-state index in [2.05, 4.69) is 69.2 Å². The highest BCUT2D eigenvalue weighted by molar-refractivity contribution is 5.73. The van der Waals surface area contributed by atoms with Crippen LogP contribution in [0.2, 0.25) is 0 Å². The van der Waals surface area contributed by atoms with E-state index < -0.39 is 41.2 Å². The monoisotopic (exact) mass is 837 g/mol. The summed E-state index contributed by atoms with van der Waals surface area (Å²) in [5, 5.41) is 50.2. The summed E-state index contributed by atoms with van der Waals surface area (Å²) < 4.78 is 0. The Bertz CT molecular complexity index is 1010. The summed E-state index contributed by atoms with van der Waals surface area (Å²) in [6.07, 6.45) is 13.9. The number of carboxylic acids is 6. The summed E-state index contributed by atoms with van der Waals surface area (Å²) in [6, 6.07) is 0. The van der Waals surface area contributed by atoms with Crippen LogP contribution in [-0.4, -0.2) is 66.5 Å². The molecule has 0 radical (unpaired) electrons. The molecule has 0 aromatic carbocycles. The van der Waals surface area contributed by atoms with Crippen molar-refractivity contribution in [3.63, 3.8) is 0 Å². The predicted octanol–water partition coefficient (Wildman–Crippen LogP) is 12.7. The van der Waals surface area contributed by atoms with E-state index in [0.717, 1.165) is 76.5 Å². The molecule has 1 unspecified atom stereocenters. The second-order valence-corrected chi connectivity index (χ2v) is 18.4. The van der Waals surface area contributed by atoms with Crippen LogP contribution < -0.4 is 0 Å². The Kier molecular flexibility index (Phi) is 49.9. The highest BCUT2D eigenvalue weighted by atomic mass is 16.4. The number of hydrogen-bond donors (Lipinski definition) is 6. The van der Waals surface area contributed by atoms with E-state index >= 15 is 0 Å². The van der Waals surface area contributed by atoms with Gasteiger partial charge in [0.15, 0.2) is 0 Å². The van der Waals surface area contributed by atoms with Crippen molar-refractivity contribution in [2.75, 3.05) is 0 Å². The van der Waals surface area contributed by atoms with E-state index in [0.29, 0.717) is 42.9 Å². The van der Waals surface area contributed by atoms with Gasteiger partial charge in [-0.25, -0.2) is 0 Å². The zero-order chi connectivity index (χ0) is 47.0. The Hall–Kier alpha value is -3.18. The number of unbranched alkanes of at least 4 members (excludes halogenated alkanes) is 3. The summed E-state index contributed by atoms with van der Waals surface area (Å²) >= 11 is 0. The molecular weight excluding hydrogens is 744 g/mol. The molecule has 0 saturated carbocycles. The Morgan fingerprint density at radius 2 is 0.707 bits per heavy atom. The van der Waals surface area contributed by atoms with Crippen molar-refractivity contribution in [3.8, 4) is 0 Å². The molecule has 0 aromatic heterocycles. The molecule has 0 heterocycles. The minimum Gasteiger partial charge on any atom is -0.481 e. The summed E-state index contributed by atoms with van der Waals surface area (Å²) in [5.41, 5.74) is -0.551. The van der Waals surface area contributed by atoms with Gasteiger partial charge >= 0.3 is 35.8 Å². The van der Waals surface area contributed by atoms with Gasteiger partial charge in [0, 0.05) is 25.7 Å². The Labute approximate surface area is 354 Å². The van der Waals surface area contributed by atoms with Gasteiger partial charge < -0.3 is 30.6 Å². The van der Waals surface area contributed by atoms with Gasteiger partial charge in [-0.1, -0.05) is 135 Å². The number of hydrogen-bond acceptors (Lipinski definition) is 6. The topological polar surface area (TPSA) is 224 Å². The lowest BCUT2D eigenvalue weighted by Crippen LogP contribution is -2.23. The number of carboxylic acid groups (broad SMARTS) is 6. The maximum absolute atomic E-state index is 10.6. The molecule has 0 bridgehead atoms. The molecule has 0 aromatic rings. The number of aliphatic carboxylic acids is 6. The minimum atomic E-state index is -0.713. The van der Waals surface area contributed by atoms with Crippen LogP contribution in [0.25, 0.3) is 0 Å². The molecule has 6 N–H and O–H groups in total. The van der Waals surface area contributed by atoms with Gasteiger partial charge in [-0.2, -0.15) is 0 Å². The Morgan fingerprint density at radius 1 is 0.379 bits per heavy atom. The zero-order valence-corrected chi connectivity index (χ0v) is 39.7. The van der Waals surface area contributed by atoms with Gasteiger partial charge in [-0.15, -0.1) is 0 Å². The normalized spacial score (nSPS) is 11.1. The lowest BCUT2D eigenvalue weighted by Gasteiger charge is -2.19. The van der Waals surface area contributed by atoms with Crippen LogP contribution in [0.5, 0.6) is 0 Å². The molecule has 0 amide bonds. The second-order valence-electron chi connectivity index (χ2n) is 18.4. The first-order valence-electron chi connectivity index (χ1n) is 21.7. The third kappa shape index (κ3) is 77.4. The summed E-state index contributed by atoms with van der Waals surface area (Å²) in [6.45, 7) is 30.4. The number of rotatable bonds is 25. The molecule has 0 fully saturated rings. The Morgan fingerprint density at radius 3 is 0.983 bits per heavy atom. The number of carbonyl (C=O) groups is 6. The molecule has 348 valence electrons. The smallest absolute Gasteiger partial charge is 0.309 e. The zero-order valence-electron chi connectivity index (χ0n) is 39.7. The van der Waals surface area contributed by atoms with Crippen LogP contribution in [0.4, 0.5) is 0 Å². The molecule has 58 heavy (non-hydrogen) atoms. The van der Waals surface area contributed by atoms with Crippen molar-refractivity contribution in [3.05, 3.63) is 0 Å². The van der Waals surface area contributed by atoms with Crippen LogP contribution in [-0.2, 0) is 28.8 Å². The average molecular weight is 837 g/mol. The van der Waals surface area contributed by atoms with E-state index in [-0.39, 0.29) is 18.3 Å². The Balaban J connectivity index is -0.000000141. The first kappa shape index (κ1) is 66.6. The molecule has 0 aliphatic carbocycles. The lowest BCUT2D eigenvalue weighted by molar-refractivity contribution is -0.147. The largest absolute Gasteiger partial charge is 0.481 e. The maximum atomic E-state index is 10.6. The fourth-order valence-corrected chi connectivity index (χ4v) is 4.31. The molecule has 0 aliphatic heterocycles. The van der Waals surface area contributed by atoms with Crippen molar-refractivity contribution >= 4 is 35.8 Å². The molecule has 12 nitrogen and oxygen atoms in total. The van der Waals surface area contributed by atoms with E-state index in [1.165, 1.54) is 12.8 Å². The fraction of sp³-hybridized carbons (Fsp3) is 0.870. The molecule has 0 spiro atoms. The third-order valence-electron chi connectivity index (χ3n) is 8.37. The molecule has 0 saturated heterocycles. The van der Waals surface area contributed by atoms with Crippen molar-refractivity contribution in [2.24, 2.45) is 46.8 Å². The van der Waals surface area contributed by atoms with Crippen LogP contribution in [0, 0.1) is 46.8 Å². The molecule has 12 heteroatoms. The van der Waals surface area contributed by atoms with Crippen molar-refractivity contribution < 1.29 is 59.4 Å². The summed E-state index contributed by atoms with van der Waals surface area (Å²) in [5.74, 6) is -0.740. The van der Waals surface area contributed by atoms with Crippen LogP contribution in [0.15, 0.2) is 0 Å². The molecule has 1 atom stereocenters. The first-order valence-corrected chi connectivity index (χ1v) is 21.7.